The van der Waals surface area contributed by atoms with Gasteiger partial charge < -0.3 is 0 Å². The quantitative estimate of drug-likeness (QED) is 0.191. The van der Waals surface area contributed by atoms with Gasteiger partial charge in [-0.2, -0.15) is 26.3 Å². The molecule has 2 heterocycles. The van der Waals surface area contributed by atoms with Crippen molar-refractivity contribution in [2.24, 2.45) is 0 Å². The molecule has 29 heavy (non-hydrogen) atoms. The van der Waals surface area contributed by atoms with E-state index in [-0.39, 0.29) is 37.7 Å². The van der Waals surface area contributed by atoms with Gasteiger partial charge >= 0.3 is 12.4 Å². The smallest absolute Gasteiger partial charge is 0.254 e. The zero-order valence-corrected chi connectivity index (χ0v) is 17.0. The fraction of sp³-hybridized carbons (Fsp3) is 0.100. The zero-order chi connectivity index (χ0) is 20.1. The van der Waals surface area contributed by atoms with Crippen LogP contribution in [0.25, 0.3) is 33.1 Å². The standard InChI is InChI=1S/C20H10F6N2.Re/c21-19(22,23)14-8-13(9-15(10-14)20(24,25)26)16-6-5-12-4-3-11-2-1-7-27-17(11)18(12)28-16;/h1-10H;. The summed E-state index contributed by atoms with van der Waals surface area (Å²) in [4.78, 5) is 8.56. The SMILES string of the molecule is FC(F)(F)c1cc(-c2ccc3ccc4cccnc4c3n2)cc(C(F)(F)F)c1.[Re]. The Morgan fingerprint density at radius 1 is 0.655 bits per heavy atom. The second kappa shape index (κ2) is 7.39. The molecule has 0 saturated carbocycles. The average Bonchev–Trinajstić information content (AvgIpc) is 2.65. The molecule has 149 valence electrons. The molecule has 9 heteroatoms. The third-order valence-electron chi connectivity index (χ3n) is 4.32. The van der Waals surface area contributed by atoms with Crippen molar-refractivity contribution in [3.8, 4) is 11.3 Å². The van der Waals surface area contributed by atoms with Gasteiger partial charge in [-0.3, -0.25) is 4.98 Å². The number of halogens is 6. The fourth-order valence-corrected chi connectivity index (χ4v) is 2.99. The Kier molecular flexibility index (Phi) is 5.41. The summed E-state index contributed by atoms with van der Waals surface area (Å²) >= 11 is 0. The van der Waals surface area contributed by atoms with Gasteiger partial charge in [0.15, 0.2) is 0 Å². The molecular formula is C20H10F6N2Re. The maximum absolute atomic E-state index is 13.1. The van der Waals surface area contributed by atoms with E-state index in [1.54, 1.807) is 30.5 Å². The maximum atomic E-state index is 13.1. The molecule has 0 aliphatic rings. The summed E-state index contributed by atoms with van der Waals surface area (Å²) in [6.45, 7) is 0. The number of aromatic nitrogens is 2. The van der Waals surface area contributed by atoms with Gasteiger partial charge in [0.25, 0.3) is 0 Å². The van der Waals surface area contributed by atoms with Crippen LogP contribution in [0.5, 0.6) is 0 Å². The molecule has 0 saturated heterocycles. The van der Waals surface area contributed by atoms with Crippen molar-refractivity contribution in [3.63, 3.8) is 0 Å². The summed E-state index contributed by atoms with van der Waals surface area (Å²) in [5.74, 6) is 0. The van der Waals surface area contributed by atoms with Gasteiger partial charge in [-0.15, -0.1) is 0 Å². The molecule has 2 aromatic carbocycles. The van der Waals surface area contributed by atoms with E-state index < -0.39 is 23.5 Å². The molecule has 1 radical (unpaired) electrons. The number of hydrogen-bond acceptors (Lipinski definition) is 2. The monoisotopic (exact) mass is 579 g/mol. The summed E-state index contributed by atoms with van der Waals surface area (Å²) < 4.78 is 78.7. The summed E-state index contributed by atoms with van der Waals surface area (Å²) in [7, 11) is 0. The summed E-state index contributed by atoms with van der Waals surface area (Å²) in [6, 6.07) is 11.5. The van der Waals surface area contributed by atoms with Crippen molar-refractivity contribution in [3.05, 3.63) is 71.9 Å². The summed E-state index contributed by atoms with van der Waals surface area (Å²) in [6.07, 6.45) is -8.29. The van der Waals surface area contributed by atoms with Crippen LogP contribution < -0.4 is 0 Å². The number of alkyl halides is 6. The molecule has 0 atom stereocenters. The molecule has 0 amide bonds. The zero-order valence-electron chi connectivity index (χ0n) is 14.3. The Balaban J connectivity index is 0.00000240. The number of pyridine rings is 2. The Bertz CT molecular complexity index is 1170. The van der Waals surface area contributed by atoms with E-state index in [0.29, 0.717) is 28.6 Å². The van der Waals surface area contributed by atoms with E-state index >= 15 is 0 Å². The molecule has 0 bridgehead atoms. The number of rotatable bonds is 1. The van der Waals surface area contributed by atoms with E-state index in [0.717, 1.165) is 5.39 Å². The first-order valence-corrected chi connectivity index (χ1v) is 8.07. The fourth-order valence-electron chi connectivity index (χ4n) is 2.99. The summed E-state index contributed by atoms with van der Waals surface area (Å²) in [5.41, 5.74) is -2.10. The average molecular weight is 579 g/mol. The van der Waals surface area contributed by atoms with Crippen LogP contribution in [-0.2, 0) is 32.8 Å². The second-order valence-corrected chi connectivity index (χ2v) is 6.20. The first-order valence-electron chi connectivity index (χ1n) is 8.07. The van der Waals surface area contributed by atoms with Gasteiger partial charge in [0, 0.05) is 43.0 Å². The molecule has 0 aliphatic carbocycles. The molecule has 0 unspecified atom stereocenters. The molecule has 0 spiro atoms. The first-order chi connectivity index (χ1) is 13.1. The van der Waals surface area contributed by atoms with Gasteiger partial charge in [0.2, 0.25) is 0 Å². The third kappa shape index (κ3) is 4.12. The number of nitrogens with zero attached hydrogens (tertiary/aromatic N) is 2. The van der Waals surface area contributed by atoms with Crippen molar-refractivity contribution >= 4 is 21.8 Å². The molecule has 0 N–H and O–H groups in total. The molecule has 0 fully saturated rings. The molecule has 4 rings (SSSR count). The number of benzene rings is 2. The topological polar surface area (TPSA) is 25.8 Å². The van der Waals surface area contributed by atoms with Crippen LogP contribution in [0.1, 0.15) is 11.1 Å². The molecule has 2 aromatic heterocycles. The van der Waals surface area contributed by atoms with Gasteiger partial charge in [0.05, 0.1) is 27.9 Å². The minimum Gasteiger partial charge on any atom is -0.254 e. The van der Waals surface area contributed by atoms with E-state index in [9.17, 15) is 26.3 Å². The van der Waals surface area contributed by atoms with Crippen molar-refractivity contribution in [2.45, 2.75) is 12.4 Å². The largest absolute Gasteiger partial charge is 0.416 e. The predicted octanol–water partition coefficient (Wildman–Crippen LogP) is 6.49. The Hall–Kier alpha value is -2.50. The first kappa shape index (κ1) is 21.2. The van der Waals surface area contributed by atoms with Crippen LogP contribution in [-0.4, -0.2) is 9.97 Å². The van der Waals surface area contributed by atoms with Crippen molar-refractivity contribution in [1.82, 2.24) is 9.97 Å². The number of fused-ring (bicyclic) bond motifs is 3. The Labute approximate surface area is 174 Å². The van der Waals surface area contributed by atoms with Gasteiger partial charge in [-0.25, -0.2) is 4.98 Å². The van der Waals surface area contributed by atoms with E-state index in [1.807, 2.05) is 6.07 Å². The second-order valence-electron chi connectivity index (χ2n) is 6.20. The van der Waals surface area contributed by atoms with E-state index in [2.05, 4.69) is 9.97 Å². The molecule has 2 nitrogen and oxygen atoms in total. The van der Waals surface area contributed by atoms with Crippen LogP contribution in [0.2, 0.25) is 0 Å². The van der Waals surface area contributed by atoms with Crippen LogP contribution >= 0.6 is 0 Å². The van der Waals surface area contributed by atoms with E-state index in [4.69, 9.17) is 0 Å². The molecule has 4 aromatic rings. The van der Waals surface area contributed by atoms with Crippen LogP contribution in [0.4, 0.5) is 26.3 Å². The molecular weight excluding hydrogens is 568 g/mol. The van der Waals surface area contributed by atoms with Crippen LogP contribution in [0.3, 0.4) is 0 Å². The number of hydrogen-bond donors (Lipinski definition) is 0. The predicted molar refractivity (Wildman–Crippen MR) is 92.5 cm³/mol. The van der Waals surface area contributed by atoms with E-state index in [1.165, 1.54) is 6.07 Å². The molecule has 0 aliphatic heterocycles. The van der Waals surface area contributed by atoms with Gasteiger partial charge in [-0.05, 0) is 30.3 Å². The Morgan fingerprint density at radius 2 is 1.21 bits per heavy atom. The summed E-state index contributed by atoms with van der Waals surface area (Å²) in [5, 5.41) is 1.44. The van der Waals surface area contributed by atoms with Crippen LogP contribution in [0, 0.1) is 0 Å². The van der Waals surface area contributed by atoms with Crippen LogP contribution in [0.15, 0.2) is 60.8 Å². The minimum atomic E-state index is -4.92. The Morgan fingerprint density at radius 3 is 1.79 bits per heavy atom. The van der Waals surface area contributed by atoms with Crippen molar-refractivity contribution in [2.75, 3.05) is 0 Å². The van der Waals surface area contributed by atoms with Crippen molar-refractivity contribution < 1.29 is 46.8 Å². The third-order valence-corrected chi connectivity index (χ3v) is 4.32. The minimum absolute atomic E-state index is 0. The van der Waals surface area contributed by atoms with Gasteiger partial charge in [0.1, 0.15) is 0 Å². The van der Waals surface area contributed by atoms with Crippen molar-refractivity contribution in [1.29, 1.82) is 0 Å². The maximum Gasteiger partial charge on any atom is 0.416 e. The normalized spacial score (nSPS) is 12.2. The van der Waals surface area contributed by atoms with Gasteiger partial charge in [-0.1, -0.05) is 24.3 Å².